The van der Waals surface area contributed by atoms with Gasteiger partial charge in [-0.15, -0.1) is 0 Å². The maximum absolute atomic E-state index is 12.8. The second-order valence-corrected chi connectivity index (χ2v) is 10.7. The van der Waals surface area contributed by atoms with E-state index in [4.69, 9.17) is 0 Å². The number of aromatic nitrogens is 2. The van der Waals surface area contributed by atoms with E-state index in [1.807, 2.05) is 31.2 Å². The molecule has 3 heterocycles. The third-order valence-corrected chi connectivity index (χ3v) is 7.62. The first-order chi connectivity index (χ1) is 16.1. The number of carbonyl (C=O) groups excluding carboxylic acids is 1. The van der Waals surface area contributed by atoms with Crippen molar-refractivity contribution in [2.75, 3.05) is 0 Å². The summed E-state index contributed by atoms with van der Waals surface area (Å²) in [6.45, 7) is 8.15. The van der Waals surface area contributed by atoms with E-state index >= 15 is 0 Å². The number of nitrogens with one attached hydrogen (secondary N) is 2. The molecule has 2 aromatic heterocycles. The highest BCUT2D eigenvalue weighted by atomic mass is 16.4. The predicted octanol–water partition coefficient (Wildman–Crippen LogP) is 5.06. The predicted molar refractivity (Wildman–Crippen MR) is 131 cm³/mol. The number of rotatable bonds is 3. The van der Waals surface area contributed by atoms with Crippen LogP contribution in [0.3, 0.4) is 0 Å². The fraction of sp³-hybridized carbons (Fsp3) is 0.444. The first-order valence-electron chi connectivity index (χ1n) is 12.0. The quantitative estimate of drug-likeness (QED) is 0.509. The van der Waals surface area contributed by atoms with Crippen molar-refractivity contribution in [2.24, 2.45) is 5.41 Å². The maximum Gasteiger partial charge on any atom is 0.408 e. The van der Waals surface area contributed by atoms with Crippen molar-refractivity contribution in [3.63, 3.8) is 0 Å². The molecule has 0 bridgehead atoms. The normalized spacial score (nSPS) is 22.8. The van der Waals surface area contributed by atoms with Gasteiger partial charge in [-0.05, 0) is 55.7 Å². The molecule has 1 fully saturated rings. The van der Waals surface area contributed by atoms with E-state index < -0.39 is 17.0 Å². The van der Waals surface area contributed by atoms with Crippen molar-refractivity contribution < 1.29 is 14.7 Å². The topological polar surface area (TPSA) is 98.3 Å². The number of carboxylic acid groups (broad SMARTS) is 1. The Morgan fingerprint density at radius 3 is 2.50 bits per heavy atom. The molecule has 1 saturated carbocycles. The van der Waals surface area contributed by atoms with Gasteiger partial charge >= 0.3 is 6.09 Å². The van der Waals surface area contributed by atoms with Gasteiger partial charge in [-0.2, -0.15) is 0 Å². The van der Waals surface area contributed by atoms with Gasteiger partial charge in [-0.3, -0.25) is 14.7 Å². The van der Waals surface area contributed by atoms with Gasteiger partial charge in [-0.25, -0.2) is 4.79 Å². The zero-order valence-corrected chi connectivity index (χ0v) is 20.2. The van der Waals surface area contributed by atoms with E-state index in [1.54, 1.807) is 17.2 Å². The number of hydrogen-bond acceptors (Lipinski definition) is 3. The summed E-state index contributed by atoms with van der Waals surface area (Å²) in [6.07, 6.45) is 4.49. The molecule has 3 aromatic rings. The lowest BCUT2D eigenvalue weighted by Crippen LogP contribution is -2.63. The Kier molecular flexibility index (Phi) is 5.19. The molecule has 0 radical (unpaired) electrons. The summed E-state index contributed by atoms with van der Waals surface area (Å²) in [5.74, 6) is -0.181. The molecule has 178 valence electrons. The van der Waals surface area contributed by atoms with E-state index in [9.17, 15) is 14.7 Å². The highest BCUT2D eigenvalue weighted by molar-refractivity contribution is 5.92. The number of benzene rings is 1. The highest BCUT2D eigenvalue weighted by Crippen LogP contribution is 2.54. The lowest BCUT2D eigenvalue weighted by atomic mass is 9.63. The van der Waals surface area contributed by atoms with Crippen LogP contribution in [0.4, 0.5) is 4.79 Å². The summed E-state index contributed by atoms with van der Waals surface area (Å²) in [5.41, 5.74) is 2.58. The van der Waals surface area contributed by atoms with Crippen molar-refractivity contribution in [3.05, 3.63) is 65.1 Å². The Morgan fingerprint density at radius 2 is 1.91 bits per heavy atom. The Bertz CT molecular complexity index is 1250. The summed E-state index contributed by atoms with van der Waals surface area (Å²) in [5, 5.41) is 14.6. The molecule has 3 N–H and O–H groups in total. The van der Waals surface area contributed by atoms with Crippen LogP contribution in [0.2, 0.25) is 0 Å². The number of para-hydroxylation sites is 1. The van der Waals surface area contributed by atoms with Crippen LogP contribution in [0, 0.1) is 5.41 Å². The molecule has 7 nitrogen and oxygen atoms in total. The number of carbonyl (C=O) groups is 2. The smallest absolute Gasteiger partial charge is 0.408 e. The standard InChI is InChI=1S/C27H32N4O3/c1-16-14-20-19-10-5-6-11-21(19)30-23(20)27(26(2,3)4,31(16)25(33)34)17-12-13-22(28-15-17)24(32)29-18-8-7-9-18/h5-6,10-13,15-16,18,30H,7-9,14H2,1-4H3,(H,29,32)(H,33,34)/t16-,27-/m0/s1. The van der Waals surface area contributed by atoms with Gasteiger partial charge in [0.25, 0.3) is 5.91 Å². The third-order valence-electron chi connectivity index (χ3n) is 7.62. The Labute approximate surface area is 199 Å². The molecule has 2 atom stereocenters. The van der Waals surface area contributed by atoms with Gasteiger partial charge in [0.1, 0.15) is 11.2 Å². The van der Waals surface area contributed by atoms with Crippen LogP contribution in [-0.2, 0) is 12.0 Å². The molecular formula is C27H32N4O3. The van der Waals surface area contributed by atoms with Gasteiger partial charge in [0.15, 0.2) is 0 Å². The third kappa shape index (κ3) is 3.21. The number of pyridine rings is 1. The molecule has 1 aliphatic heterocycles. The monoisotopic (exact) mass is 460 g/mol. The van der Waals surface area contributed by atoms with Gasteiger partial charge in [0.05, 0.1) is 5.69 Å². The molecule has 2 aliphatic rings. The highest BCUT2D eigenvalue weighted by Gasteiger charge is 2.57. The first kappa shape index (κ1) is 22.4. The SMILES string of the molecule is C[C@H]1Cc2c([nH]c3ccccc23)[C@@](c2ccc(C(=O)NC3CCC3)nc2)(C(C)(C)C)N1C(=O)O. The number of H-pyrrole nitrogens is 1. The van der Waals surface area contributed by atoms with Crippen LogP contribution in [-0.4, -0.2) is 44.1 Å². The van der Waals surface area contributed by atoms with E-state index in [0.717, 1.165) is 47.0 Å². The first-order valence-corrected chi connectivity index (χ1v) is 12.0. The molecule has 0 spiro atoms. The Hall–Kier alpha value is -3.35. The molecular weight excluding hydrogens is 428 g/mol. The van der Waals surface area contributed by atoms with Gasteiger partial charge in [0.2, 0.25) is 0 Å². The molecule has 2 amide bonds. The zero-order valence-electron chi connectivity index (χ0n) is 20.2. The van der Waals surface area contributed by atoms with Gasteiger partial charge in [-0.1, -0.05) is 45.0 Å². The molecule has 0 saturated heterocycles. The number of hydrogen-bond donors (Lipinski definition) is 3. The number of fused-ring (bicyclic) bond motifs is 3. The number of amides is 2. The molecule has 7 heteroatoms. The van der Waals surface area contributed by atoms with Crippen LogP contribution in [0.25, 0.3) is 10.9 Å². The van der Waals surface area contributed by atoms with Crippen molar-refractivity contribution in [3.8, 4) is 0 Å². The van der Waals surface area contributed by atoms with Crippen molar-refractivity contribution in [2.45, 2.75) is 71.0 Å². The molecule has 0 unspecified atom stereocenters. The Balaban J connectivity index is 1.71. The lowest BCUT2D eigenvalue weighted by Gasteiger charge is -2.55. The van der Waals surface area contributed by atoms with Gasteiger partial charge < -0.3 is 15.4 Å². The minimum absolute atomic E-state index is 0.181. The van der Waals surface area contributed by atoms with E-state index in [1.165, 1.54) is 0 Å². The molecule has 34 heavy (non-hydrogen) atoms. The average Bonchev–Trinajstić information content (AvgIpc) is 3.12. The molecule has 1 aliphatic carbocycles. The van der Waals surface area contributed by atoms with Crippen LogP contribution in [0.15, 0.2) is 42.6 Å². The average molecular weight is 461 g/mol. The summed E-state index contributed by atoms with van der Waals surface area (Å²) in [4.78, 5) is 35.1. The summed E-state index contributed by atoms with van der Waals surface area (Å²) < 4.78 is 0. The van der Waals surface area contributed by atoms with E-state index in [2.05, 4.69) is 42.1 Å². The van der Waals surface area contributed by atoms with E-state index in [-0.39, 0.29) is 18.0 Å². The van der Waals surface area contributed by atoms with Crippen molar-refractivity contribution in [1.29, 1.82) is 0 Å². The second kappa shape index (κ2) is 7.86. The van der Waals surface area contributed by atoms with Crippen LogP contribution in [0.1, 0.15) is 74.3 Å². The minimum Gasteiger partial charge on any atom is -0.465 e. The van der Waals surface area contributed by atoms with Crippen molar-refractivity contribution in [1.82, 2.24) is 20.2 Å². The Morgan fingerprint density at radius 1 is 1.18 bits per heavy atom. The number of nitrogens with zero attached hydrogens (tertiary/aromatic N) is 2. The summed E-state index contributed by atoms with van der Waals surface area (Å²) in [6, 6.07) is 11.7. The zero-order chi connectivity index (χ0) is 24.3. The molecule has 1 aromatic carbocycles. The lowest BCUT2D eigenvalue weighted by molar-refractivity contribution is -0.00760. The maximum atomic E-state index is 12.8. The second-order valence-electron chi connectivity index (χ2n) is 10.7. The van der Waals surface area contributed by atoms with E-state index in [0.29, 0.717) is 12.1 Å². The fourth-order valence-electron chi connectivity index (χ4n) is 5.90. The fourth-order valence-corrected chi connectivity index (χ4v) is 5.90. The number of aromatic amines is 1. The van der Waals surface area contributed by atoms with Crippen LogP contribution >= 0.6 is 0 Å². The van der Waals surface area contributed by atoms with Gasteiger partial charge in [0, 0.05) is 34.7 Å². The van der Waals surface area contributed by atoms with Crippen LogP contribution in [0.5, 0.6) is 0 Å². The van der Waals surface area contributed by atoms with Crippen molar-refractivity contribution >= 4 is 22.9 Å². The van der Waals surface area contributed by atoms with Crippen LogP contribution < -0.4 is 5.32 Å². The minimum atomic E-state index is -1.01. The summed E-state index contributed by atoms with van der Waals surface area (Å²) >= 11 is 0. The molecule has 5 rings (SSSR count). The summed E-state index contributed by atoms with van der Waals surface area (Å²) in [7, 11) is 0. The largest absolute Gasteiger partial charge is 0.465 e.